The lowest BCUT2D eigenvalue weighted by atomic mass is 10.0. The van der Waals surface area contributed by atoms with Gasteiger partial charge >= 0.3 is 0 Å². The zero-order chi connectivity index (χ0) is 20.9. The van der Waals surface area contributed by atoms with E-state index in [9.17, 15) is 4.79 Å². The van der Waals surface area contributed by atoms with Crippen LogP contribution in [-0.4, -0.2) is 55.8 Å². The smallest absolute Gasteiger partial charge is 0.292 e. The van der Waals surface area contributed by atoms with Crippen LogP contribution in [0.5, 0.6) is 0 Å². The molecular weight excluding hydrogens is 404 g/mol. The summed E-state index contributed by atoms with van der Waals surface area (Å²) in [6, 6.07) is 8.31. The molecular formula is C22H29ClN4O3. The van der Waals surface area contributed by atoms with Crippen LogP contribution >= 0.6 is 11.6 Å². The molecule has 1 aromatic carbocycles. The zero-order valence-electron chi connectivity index (χ0n) is 17.3. The molecule has 0 radical (unpaired) electrons. The van der Waals surface area contributed by atoms with Crippen LogP contribution in [0, 0.1) is 5.92 Å². The van der Waals surface area contributed by atoms with Crippen molar-refractivity contribution in [3.8, 4) is 5.69 Å². The first kappa shape index (κ1) is 21.2. The topological polar surface area (TPSA) is 68.6 Å². The van der Waals surface area contributed by atoms with E-state index in [2.05, 4.69) is 22.4 Å². The Morgan fingerprint density at radius 1 is 1.17 bits per heavy atom. The number of ether oxygens (including phenoxy) is 2. The maximum Gasteiger partial charge on any atom is 0.292 e. The normalized spacial score (nSPS) is 20.1. The Kier molecular flexibility index (Phi) is 6.92. The first-order valence-corrected chi connectivity index (χ1v) is 11.0. The molecule has 162 valence electrons. The fraction of sp³-hybridized carbons (Fsp3) is 0.545. The molecule has 4 rings (SSSR count). The Labute approximate surface area is 181 Å². The van der Waals surface area contributed by atoms with E-state index in [4.69, 9.17) is 21.1 Å². The monoisotopic (exact) mass is 432 g/mol. The van der Waals surface area contributed by atoms with Crippen LogP contribution in [0.1, 0.15) is 25.7 Å². The molecule has 0 amide bonds. The van der Waals surface area contributed by atoms with Gasteiger partial charge in [-0.2, -0.15) is 9.78 Å². The molecule has 3 heterocycles. The second-order valence-electron chi connectivity index (χ2n) is 8.02. The maximum atomic E-state index is 12.8. The molecule has 2 aliphatic heterocycles. The van der Waals surface area contributed by atoms with Gasteiger partial charge in [0.25, 0.3) is 5.56 Å². The highest BCUT2D eigenvalue weighted by Crippen LogP contribution is 2.23. The van der Waals surface area contributed by atoms with Crippen LogP contribution in [-0.2, 0) is 9.47 Å². The molecule has 2 saturated heterocycles. The summed E-state index contributed by atoms with van der Waals surface area (Å²) in [6.45, 7) is 3.90. The van der Waals surface area contributed by atoms with Crippen LogP contribution in [0.3, 0.4) is 0 Å². The molecule has 1 atom stereocenters. The fourth-order valence-corrected chi connectivity index (χ4v) is 4.27. The number of aromatic nitrogens is 2. The minimum atomic E-state index is -0.327. The molecule has 2 aromatic rings. The van der Waals surface area contributed by atoms with Gasteiger partial charge in [-0.1, -0.05) is 11.6 Å². The highest BCUT2D eigenvalue weighted by atomic mass is 35.5. The molecule has 2 fully saturated rings. The predicted octanol–water partition coefficient (Wildman–Crippen LogP) is 3.34. The van der Waals surface area contributed by atoms with Crippen LogP contribution in [0.4, 0.5) is 11.4 Å². The van der Waals surface area contributed by atoms with E-state index < -0.39 is 0 Å². The lowest BCUT2D eigenvalue weighted by molar-refractivity contribution is 0.0595. The highest BCUT2D eigenvalue weighted by Gasteiger charge is 2.19. The number of nitrogens with one attached hydrogen (secondary N) is 1. The molecule has 8 heteroatoms. The van der Waals surface area contributed by atoms with Crippen molar-refractivity contribution in [1.82, 2.24) is 9.78 Å². The van der Waals surface area contributed by atoms with E-state index in [0.717, 1.165) is 64.3 Å². The lowest BCUT2D eigenvalue weighted by Gasteiger charge is -2.33. The summed E-state index contributed by atoms with van der Waals surface area (Å²) >= 11 is 6.36. The standard InChI is InChI=1S/C22H29ClN4O3/c1-26(18-8-11-29-12-9-18)17-4-6-19(7-5-17)27-22(28)21(23)20(14-25-27)24-13-16-3-2-10-30-15-16/h4-7,14,16,18,24H,2-3,8-13,15H2,1H3/t16-/m0/s1. The Hall–Kier alpha value is -2.09. The average Bonchev–Trinajstić information content (AvgIpc) is 2.81. The first-order valence-electron chi connectivity index (χ1n) is 10.6. The predicted molar refractivity (Wildman–Crippen MR) is 119 cm³/mol. The number of halogens is 1. The second-order valence-corrected chi connectivity index (χ2v) is 8.40. The highest BCUT2D eigenvalue weighted by molar-refractivity contribution is 6.32. The van der Waals surface area contributed by atoms with Gasteiger partial charge < -0.3 is 19.7 Å². The third-order valence-corrected chi connectivity index (χ3v) is 6.36. The summed E-state index contributed by atoms with van der Waals surface area (Å²) in [4.78, 5) is 15.1. The molecule has 0 aliphatic carbocycles. The van der Waals surface area contributed by atoms with Crippen molar-refractivity contribution in [2.75, 3.05) is 50.2 Å². The minimum Gasteiger partial charge on any atom is -0.382 e. The van der Waals surface area contributed by atoms with Crippen LogP contribution < -0.4 is 15.8 Å². The summed E-state index contributed by atoms with van der Waals surface area (Å²) in [5, 5.41) is 7.75. The summed E-state index contributed by atoms with van der Waals surface area (Å²) < 4.78 is 12.3. The maximum absolute atomic E-state index is 12.8. The molecule has 0 bridgehead atoms. The summed E-state index contributed by atoms with van der Waals surface area (Å²) in [7, 11) is 2.10. The number of rotatable bonds is 6. The second kappa shape index (κ2) is 9.81. The quantitative estimate of drug-likeness (QED) is 0.755. The molecule has 0 spiro atoms. The first-order chi connectivity index (χ1) is 14.6. The van der Waals surface area contributed by atoms with Gasteiger partial charge in [0.1, 0.15) is 5.02 Å². The van der Waals surface area contributed by atoms with Gasteiger partial charge in [0.05, 0.1) is 24.2 Å². The summed E-state index contributed by atoms with van der Waals surface area (Å²) in [5.41, 5.74) is 2.04. The van der Waals surface area contributed by atoms with E-state index in [0.29, 0.717) is 23.3 Å². The fourth-order valence-electron chi connectivity index (χ4n) is 4.07. The van der Waals surface area contributed by atoms with Gasteiger partial charge in [-0.3, -0.25) is 4.79 Å². The Balaban J connectivity index is 1.45. The Morgan fingerprint density at radius 2 is 1.93 bits per heavy atom. The van der Waals surface area contributed by atoms with Gasteiger partial charge in [-0.05, 0) is 55.9 Å². The van der Waals surface area contributed by atoms with Crippen molar-refractivity contribution in [3.05, 3.63) is 45.8 Å². The molecule has 1 N–H and O–H groups in total. The summed E-state index contributed by atoms with van der Waals surface area (Å²) in [5.74, 6) is 0.428. The number of hydrogen-bond donors (Lipinski definition) is 1. The summed E-state index contributed by atoms with van der Waals surface area (Å²) in [6.07, 6.45) is 5.85. The van der Waals surface area contributed by atoms with E-state index in [1.54, 1.807) is 6.20 Å². The molecule has 30 heavy (non-hydrogen) atoms. The van der Waals surface area contributed by atoms with E-state index >= 15 is 0 Å². The SMILES string of the molecule is CN(c1ccc(-n2ncc(NC[C@@H]3CCCOC3)c(Cl)c2=O)cc1)C1CCOCC1. The lowest BCUT2D eigenvalue weighted by Crippen LogP contribution is -2.36. The Morgan fingerprint density at radius 3 is 2.63 bits per heavy atom. The molecule has 0 unspecified atom stereocenters. The van der Waals surface area contributed by atoms with Crippen LogP contribution in [0.2, 0.25) is 5.02 Å². The van der Waals surface area contributed by atoms with Gasteiger partial charge in [0, 0.05) is 45.1 Å². The number of anilines is 2. The third-order valence-electron chi connectivity index (χ3n) is 5.99. The van der Waals surface area contributed by atoms with E-state index in [-0.39, 0.29) is 10.6 Å². The number of hydrogen-bond acceptors (Lipinski definition) is 6. The number of benzene rings is 1. The van der Waals surface area contributed by atoms with Crippen molar-refractivity contribution in [3.63, 3.8) is 0 Å². The van der Waals surface area contributed by atoms with Crippen molar-refractivity contribution in [2.45, 2.75) is 31.7 Å². The van der Waals surface area contributed by atoms with Gasteiger partial charge in [0.2, 0.25) is 0 Å². The van der Waals surface area contributed by atoms with Crippen molar-refractivity contribution in [2.24, 2.45) is 5.92 Å². The van der Waals surface area contributed by atoms with E-state index in [1.165, 1.54) is 4.68 Å². The largest absolute Gasteiger partial charge is 0.382 e. The van der Waals surface area contributed by atoms with Gasteiger partial charge in [-0.15, -0.1) is 0 Å². The zero-order valence-corrected chi connectivity index (χ0v) is 18.1. The number of nitrogens with zero attached hydrogens (tertiary/aromatic N) is 3. The van der Waals surface area contributed by atoms with E-state index in [1.807, 2.05) is 24.3 Å². The van der Waals surface area contributed by atoms with Crippen molar-refractivity contribution < 1.29 is 9.47 Å². The van der Waals surface area contributed by atoms with Gasteiger partial charge in [-0.25, -0.2) is 0 Å². The molecule has 1 aromatic heterocycles. The average molecular weight is 433 g/mol. The molecule has 7 nitrogen and oxygen atoms in total. The van der Waals surface area contributed by atoms with Crippen molar-refractivity contribution in [1.29, 1.82) is 0 Å². The molecule has 0 saturated carbocycles. The minimum absolute atomic E-state index is 0.158. The Bertz CT molecular complexity index is 890. The van der Waals surface area contributed by atoms with Gasteiger partial charge in [0.15, 0.2) is 0 Å². The third kappa shape index (κ3) is 4.79. The van der Waals surface area contributed by atoms with Crippen LogP contribution in [0.15, 0.2) is 35.3 Å². The van der Waals surface area contributed by atoms with Crippen molar-refractivity contribution >= 4 is 23.0 Å². The van der Waals surface area contributed by atoms with Crippen LogP contribution in [0.25, 0.3) is 5.69 Å². The molecule has 2 aliphatic rings.